The second-order valence-corrected chi connectivity index (χ2v) is 6.85. The van der Waals surface area contributed by atoms with Gasteiger partial charge in [0.25, 0.3) is 10.0 Å². The van der Waals surface area contributed by atoms with Crippen LogP contribution >= 0.6 is 0 Å². The summed E-state index contributed by atoms with van der Waals surface area (Å²) >= 11 is 0. The highest BCUT2D eigenvalue weighted by atomic mass is 32.2. The Morgan fingerprint density at radius 1 is 0.739 bits per heavy atom. The average Bonchev–Trinajstić information content (AvgIpc) is 2.37. The first kappa shape index (κ1) is 20.3. The third-order valence-electron chi connectivity index (χ3n) is 3.24. The van der Waals surface area contributed by atoms with E-state index in [4.69, 9.17) is 0 Å². The summed E-state index contributed by atoms with van der Waals surface area (Å²) < 4.78 is 137. The molecule has 0 aromatic heterocycles. The molecule has 0 bridgehead atoms. The Hall–Kier alpha value is -0.760. The maximum Gasteiger partial charge on any atom is 0.460 e. The lowest BCUT2D eigenvalue weighted by molar-refractivity contribution is -0.382. The number of sulfonamides is 1. The normalized spacial score (nSPS) is 20.8. The first-order chi connectivity index (χ1) is 10.00. The monoisotopic (exact) mass is 382 g/mol. The Kier molecular flexibility index (Phi) is 4.98. The highest BCUT2D eigenvalue weighted by molar-refractivity contribution is 7.90. The Balaban J connectivity index is 3.28. The van der Waals surface area contributed by atoms with Gasteiger partial charge in [-0.15, -0.1) is 0 Å². The van der Waals surface area contributed by atoms with E-state index >= 15 is 0 Å². The minimum Gasteiger partial charge on any atom is -0.304 e. The standard InChI is InChI=1S/C9H11F9N2O2S/c1-19-2-4-20(5-3-19)23(21,22)9(17,18)7(12,13)6(10,11)8(14,15)16/h2-5H2,1H3. The minimum absolute atomic E-state index is 0.184. The highest BCUT2D eigenvalue weighted by Gasteiger charge is 2.85. The number of rotatable bonds is 4. The van der Waals surface area contributed by atoms with Gasteiger partial charge in [0.1, 0.15) is 0 Å². The van der Waals surface area contributed by atoms with Gasteiger partial charge in [-0.3, -0.25) is 0 Å². The van der Waals surface area contributed by atoms with E-state index in [-0.39, 0.29) is 17.4 Å². The zero-order valence-corrected chi connectivity index (χ0v) is 12.2. The molecule has 0 amide bonds. The fourth-order valence-corrected chi connectivity index (χ4v) is 3.13. The molecule has 1 aliphatic rings. The van der Waals surface area contributed by atoms with E-state index in [9.17, 15) is 47.9 Å². The van der Waals surface area contributed by atoms with Gasteiger partial charge >= 0.3 is 23.3 Å². The van der Waals surface area contributed by atoms with Crippen LogP contribution in [0.25, 0.3) is 0 Å². The van der Waals surface area contributed by atoms with Gasteiger partial charge in [-0.25, -0.2) is 8.42 Å². The molecule has 0 saturated carbocycles. The molecule has 0 aromatic rings. The van der Waals surface area contributed by atoms with Crippen molar-refractivity contribution in [2.45, 2.75) is 23.3 Å². The van der Waals surface area contributed by atoms with Crippen LogP contribution in [0.1, 0.15) is 0 Å². The number of hydrogen-bond acceptors (Lipinski definition) is 3. The predicted octanol–water partition coefficient (Wildman–Crippen LogP) is 1.99. The number of alkyl halides is 9. The topological polar surface area (TPSA) is 40.6 Å². The Morgan fingerprint density at radius 3 is 1.48 bits per heavy atom. The Morgan fingerprint density at radius 2 is 1.13 bits per heavy atom. The molecule has 1 saturated heterocycles. The van der Waals surface area contributed by atoms with Crippen LogP contribution in [0.5, 0.6) is 0 Å². The molecule has 1 fully saturated rings. The van der Waals surface area contributed by atoms with E-state index < -0.39 is 46.4 Å². The van der Waals surface area contributed by atoms with Gasteiger partial charge in [0.15, 0.2) is 0 Å². The molecule has 1 rings (SSSR count). The number of hydrogen-bond donors (Lipinski definition) is 0. The van der Waals surface area contributed by atoms with E-state index in [0.29, 0.717) is 0 Å². The van der Waals surface area contributed by atoms with Gasteiger partial charge in [0.2, 0.25) is 0 Å². The van der Waals surface area contributed by atoms with Crippen LogP contribution in [-0.4, -0.2) is 74.1 Å². The lowest BCUT2D eigenvalue weighted by Gasteiger charge is -2.38. The first-order valence-corrected chi connectivity index (χ1v) is 7.32. The Labute approximate surface area is 124 Å². The van der Waals surface area contributed by atoms with Crippen molar-refractivity contribution < 1.29 is 47.9 Å². The smallest absolute Gasteiger partial charge is 0.304 e. The number of halogens is 9. The second-order valence-electron chi connectivity index (χ2n) is 4.87. The van der Waals surface area contributed by atoms with E-state index in [2.05, 4.69) is 0 Å². The van der Waals surface area contributed by atoms with Crippen LogP contribution in [0.4, 0.5) is 39.5 Å². The van der Waals surface area contributed by atoms with Gasteiger partial charge in [0, 0.05) is 26.2 Å². The zero-order valence-electron chi connectivity index (χ0n) is 11.3. The van der Waals surface area contributed by atoms with Gasteiger partial charge in [-0.1, -0.05) is 0 Å². The molecule has 0 aliphatic carbocycles. The molecule has 0 radical (unpaired) electrons. The second kappa shape index (κ2) is 5.65. The number of likely N-dealkylation sites (N-methyl/N-ethyl adjacent to an activating group) is 1. The van der Waals surface area contributed by atoms with Crippen LogP contribution in [0.2, 0.25) is 0 Å². The van der Waals surface area contributed by atoms with Crippen molar-refractivity contribution in [1.29, 1.82) is 0 Å². The fraction of sp³-hybridized carbons (Fsp3) is 1.00. The molecule has 0 atom stereocenters. The largest absolute Gasteiger partial charge is 0.460 e. The molecule has 23 heavy (non-hydrogen) atoms. The zero-order chi connectivity index (χ0) is 18.5. The summed E-state index contributed by atoms with van der Waals surface area (Å²) in [5, 5.41) is -6.64. The average molecular weight is 382 g/mol. The highest BCUT2D eigenvalue weighted by Crippen LogP contribution is 2.55. The lowest BCUT2D eigenvalue weighted by atomic mass is 10.1. The van der Waals surface area contributed by atoms with Crippen molar-refractivity contribution in [1.82, 2.24) is 9.21 Å². The SMILES string of the molecule is CN1CCN(S(=O)(=O)C(F)(F)C(F)(F)C(F)(F)C(F)(F)F)CC1. The van der Waals surface area contributed by atoms with Crippen LogP contribution < -0.4 is 0 Å². The number of nitrogens with zero attached hydrogens (tertiary/aromatic N) is 2. The molecule has 0 unspecified atom stereocenters. The summed E-state index contributed by atoms with van der Waals surface area (Å²) in [6.45, 7) is -1.86. The summed E-state index contributed by atoms with van der Waals surface area (Å²) in [5.41, 5.74) is 0. The minimum atomic E-state index is -7.23. The van der Waals surface area contributed by atoms with E-state index in [0.717, 1.165) is 0 Å². The molecule has 1 aliphatic heterocycles. The molecule has 14 heteroatoms. The molecule has 1 heterocycles. The fourth-order valence-electron chi connectivity index (χ4n) is 1.71. The van der Waals surface area contributed by atoms with Crippen molar-refractivity contribution in [2.24, 2.45) is 0 Å². The summed E-state index contributed by atoms with van der Waals surface area (Å²) in [7, 11) is -5.00. The molecule has 138 valence electrons. The van der Waals surface area contributed by atoms with Gasteiger partial charge in [0.05, 0.1) is 0 Å². The number of piperazine rings is 1. The van der Waals surface area contributed by atoms with Crippen molar-refractivity contribution in [3.05, 3.63) is 0 Å². The quantitative estimate of drug-likeness (QED) is 0.699. The van der Waals surface area contributed by atoms with Gasteiger partial charge < -0.3 is 4.90 Å². The van der Waals surface area contributed by atoms with Crippen molar-refractivity contribution in [3.8, 4) is 0 Å². The van der Waals surface area contributed by atoms with Crippen LogP contribution in [0.3, 0.4) is 0 Å². The molecule has 0 N–H and O–H groups in total. The van der Waals surface area contributed by atoms with E-state index in [1.807, 2.05) is 0 Å². The lowest BCUT2D eigenvalue weighted by Crippen LogP contribution is -2.66. The van der Waals surface area contributed by atoms with Crippen LogP contribution in [0.15, 0.2) is 0 Å². The summed E-state index contributed by atoms with van der Waals surface area (Å²) in [4.78, 5) is 1.42. The van der Waals surface area contributed by atoms with E-state index in [1.54, 1.807) is 0 Å². The van der Waals surface area contributed by atoms with Gasteiger partial charge in [-0.05, 0) is 7.05 Å². The maximum atomic E-state index is 13.5. The third kappa shape index (κ3) is 2.99. The molecular formula is C9H11F9N2O2S. The molecule has 0 spiro atoms. The van der Waals surface area contributed by atoms with Gasteiger partial charge in [-0.2, -0.15) is 43.8 Å². The summed E-state index contributed by atoms with van der Waals surface area (Å²) in [5.74, 6) is -14.4. The third-order valence-corrected chi connectivity index (χ3v) is 5.19. The van der Waals surface area contributed by atoms with Crippen LogP contribution in [0, 0.1) is 0 Å². The predicted molar refractivity (Wildman–Crippen MR) is 58.9 cm³/mol. The van der Waals surface area contributed by atoms with Crippen molar-refractivity contribution >= 4 is 10.0 Å². The summed E-state index contributed by atoms with van der Waals surface area (Å²) in [6, 6.07) is 0. The Bertz CT molecular complexity index is 538. The van der Waals surface area contributed by atoms with Crippen molar-refractivity contribution in [3.63, 3.8) is 0 Å². The van der Waals surface area contributed by atoms with E-state index in [1.165, 1.54) is 11.9 Å². The van der Waals surface area contributed by atoms with Crippen LogP contribution in [-0.2, 0) is 10.0 Å². The van der Waals surface area contributed by atoms with Crippen molar-refractivity contribution in [2.75, 3.05) is 33.2 Å². The summed E-state index contributed by atoms with van der Waals surface area (Å²) in [6.07, 6.45) is -7.06. The molecule has 0 aromatic carbocycles. The first-order valence-electron chi connectivity index (χ1n) is 5.88. The molecule has 4 nitrogen and oxygen atoms in total. The molecular weight excluding hydrogens is 371 g/mol. The maximum absolute atomic E-state index is 13.5.